The van der Waals surface area contributed by atoms with Gasteiger partial charge in [0.1, 0.15) is 0 Å². The maximum absolute atomic E-state index is 11.6. The van der Waals surface area contributed by atoms with Gasteiger partial charge in [-0.2, -0.15) is 8.93 Å². The number of benzene rings is 2. The molecule has 2 heterocycles. The molecule has 21 heavy (non-hydrogen) atoms. The van der Waals surface area contributed by atoms with Gasteiger partial charge < -0.3 is 4.18 Å². The van der Waals surface area contributed by atoms with Crippen molar-refractivity contribution in [3.8, 4) is 16.9 Å². The van der Waals surface area contributed by atoms with E-state index in [-0.39, 0.29) is 0 Å². The minimum absolute atomic E-state index is 0.540. The third kappa shape index (κ3) is 2.11. The average Bonchev–Trinajstić information content (AvgIpc) is 2.54. The van der Waals surface area contributed by atoms with E-state index in [1.807, 2.05) is 48.5 Å². The molecule has 0 aliphatic carbocycles. The molecule has 3 aromatic rings. The van der Waals surface area contributed by atoms with Crippen molar-refractivity contribution < 1.29 is 8.39 Å². The van der Waals surface area contributed by atoms with Crippen LogP contribution in [0.15, 0.2) is 54.7 Å². The number of hydrogen-bond acceptors (Lipinski definition) is 3. The predicted molar refractivity (Wildman–Crippen MR) is 82.8 cm³/mol. The lowest BCUT2D eigenvalue weighted by Crippen LogP contribution is -2.26. The minimum Gasteiger partial charge on any atom is -0.388 e. The second-order valence-corrected chi connectivity index (χ2v) is 5.73. The summed E-state index contributed by atoms with van der Waals surface area (Å²) in [5, 5.41) is 1.06. The fourth-order valence-corrected chi connectivity index (χ4v) is 3.29. The molecule has 1 atom stereocenters. The van der Waals surface area contributed by atoms with E-state index in [0.717, 1.165) is 27.6 Å². The lowest BCUT2D eigenvalue weighted by atomic mass is 9.98. The molecule has 0 bridgehead atoms. The average molecular weight is 296 g/mol. The van der Waals surface area contributed by atoms with Gasteiger partial charge in [0.05, 0.1) is 5.52 Å². The highest BCUT2D eigenvalue weighted by molar-refractivity contribution is 7.78. The van der Waals surface area contributed by atoms with E-state index in [2.05, 4.69) is 9.71 Å². The topological polar surface area (TPSA) is 51.2 Å². The number of hydrogen-bond donors (Lipinski definition) is 1. The second kappa shape index (κ2) is 4.95. The first-order chi connectivity index (χ1) is 10.3. The normalized spacial score (nSPS) is 17.2. The van der Waals surface area contributed by atoms with E-state index in [0.29, 0.717) is 12.3 Å². The molecule has 0 amide bonds. The number of aromatic nitrogens is 1. The van der Waals surface area contributed by atoms with Crippen LogP contribution in [0.5, 0.6) is 5.75 Å². The maximum Gasteiger partial charge on any atom is 0.288 e. The summed E-state index contributed by atoms with van der Waals surface area (Å²) in [5.41, 5.74) is 3.92. The summed E-state index contributed by atoms with van der Waals surface area (Å²) >= 11 is -1.48. The van der Waals surface area contributed by atoms with E-state index in [9.17, 15) is 4.21 Å². The Kier molecular flexibility index (Phi) is 2.94. The molecular formula is C16H12N2O2S. The smallest absolute Gasteiger partial charge is 0.288 e. The van der Waals surface area contributed by atoms with Gasteiger partial charge in [0.2, 0.25) is 0 Å². The number of nitrogens with zero attached hydrogens (tertiary/aromatic N) is 1. The Morgan fingerprint density at radius 1 is 1.05 bits per heavy atom. The Balaban J connectivity index is 2.00. The first kappa shape index (κ1) is 12.5. The highest BCUT2D eigenvalue weighted by Gasteiger charge is 2.20. The number of rotatable bonds is 1. The maximum atomic E-state index is 11.6. The molecular weight excluding hydrogens is 284 g/mol. The summed E-state index contributed by atoms with van der Waals surface area (Å²) in [6.07, 6.45) is 1.79. The van der Waals surface area contributed by atoms with Gasteiger partial charge in [0.25, 0.3) is 11.3 Å². The first-order valence-corrected chi connectivity index (χ1v) is 7.70. The van der Waals surface area contributed by atoms with Crippen LogP contribution in [0, 0.1) is 0 Å². The quantitative estimate of drug-likeness (QED) is 0.751. The summed E-state index contributed by atoms with van der Waals surface area (Å²) in [6, 6.07) is 15.9. The highest BCUT2D eigenvalue weighted by Crippen LogP contribution is 2.38. The summed E-state index contributed by atoms with van der Waals surface area (Å²) in [7, 11) is 0. The summed E-state index contributed by atoms with van der Waals surface area (Å²) in [6.45, 7) is 0.540. The van der Waals surface area contributed by atoms with Crippen LogP contribution in [0.3, 0.4) is 0 Å². The van der Waals surface area contributed by atoms with Crippen LogP contribution in [-0.4, -0.2) is 9.19 Å². The van der Waals surface area contributed by atoms with Crippen molar-refractivity contribution in [3.05, 3.63) is 60.3 Å². The molecule has 1 N–H and O–H groups in total. The highest BCUT2D eigenvalue weighted by atomic mass is 32.2. The summed E-state index contributed by atoms with van der Waals surface area (Å²) in [5.74, 6) is 0.686. The van der Waals surface area contributed by atoms with E-state index in [1.54, 1.807) is 6.20 Å². The van der Waals surface area contributed by atoms with Crippen molar-refractivity contribution >= 4 is 22.2 Å². The Bertz CT molecular complexity index is 859. The van der Waals surface area contributed by atoms with Crippen LogP contribution >= 0.6 is 0 Å². The van der Waals surface area contributed by atoms with Gasteiger partial charge in [-0.05, 0) is 17.7 Å². The molecule has 1 aliphatic rings. The van der Waals surface area contributed by atoms with Crippen LogP contribution in [0.25, 0.3) is 22.0 Å². The van der Waals surface area contributed by atoms with E-state index >= 15 is 0 Å². The summed E-state index contributed by atoms with van der Waals surface area (Å²) < 4.78 is 19.9. The van der Waals surface area contributed by atoms with Crippen LogP contribution in [-0.2, 0) is 17.8 Å². The SMILES string of the molecule is O=S1NCc2cccc(-c3ccnc4ccccc34)c2O1. The lowest BCUT2D eigenvalue weighted by Gasteiger charge is -2.20. The Morgan fingerprint density at radius 2 is 1.95 bits per heavy atom. The number of nitrogens with one attached hydrogen (secondary N) is 1. The van der Waals surface area contributed by atoms with Gasteiger partial charge >= 0.3 is 0 Å². The molecule has 104 valence electrons. The molecule has 0 radical (unpaired) electrons. The standard InChI is InChI=1S/C16H12N2O2S/c19-21-18-10-11-4-3-6-14(16(11)20-21)12-8-9-17-15-7-2-1-5-13(12)15/h1-9,18H,10H2. The van der Waals surface area contributed by atoms with Gasteiger partial charge in [-0.15, -0.1) is 0 Å². The molecule has 0 spiro atoms. The second-order valence-electron chi connectivity index (χ2n) is 4.81. The molecule has 4 rings (SSSR count). The van der Waals surface area contributed by atoms with E-state index in [1.165, 1.54) is 0 Å². The zero-order chi connectivity index (χ0) is 14.2. The van der Waals surface area contributed by atoms with E-state index in [4.69, 9.17) is 4.18 Å². The van der Waals surface area contributed by atoms with Crippen molar-refractivity contribution in [1.82, 2.24) is 9.71 Å². The molecule has 0 saturated carbocycles. The van der Waals surface area contributed by atoms with Crippen LogP contribution in [0.4, 0.5) is 0 Å². The molecule has 5 heteroatoms. The zero-order valence-electron chi connectivity index (χ0n) is 11.1. The van der Waals surface area contributed by atoms with Gasteiger partial charge in [0, 0.05) is 29.3 Å². The van der Waals surface area contributed by atoms with Gasteiger partial charge in [0.15, 0.2) is 5.75 Å². The number of fused-ring (bicyclic) bond motifs is 2. The van der Waals surface area contributed by atoms with Crippen LogP contribution in [0.1, 0.15) is 5.56 Å². The van der Waals surface area contributed by atoms with Gasteiger partial charge in [-0.3, -0.25) is 4.98 Å². The van der Waals surface area contributed by atoms with Crippen molar-refractivity contribution in [3.63, 3.8) is 0 Å². The fraction of sp³-hybridized carbons (Fsp3) is 0.0625. The van der Waals surface area contributed by atoms with Crippen molar-refractivity contribution in [2.75, 3.05) is 0 Å². The third-order valence-corrected chi connectivity index (χ3v) is 4.27. The van der Waals surface area contributed by atoms with Gasteiger partial charge in [-0.1, -0.05) is 36.4 Å². The van der Waals surface area contributed by atoms with E-state index < -0.39 is 11.3 Å². The van der Waals surface area contributed by atoms with Crippen molar-refractivity contribution in [2.24, 2.45) is 0 Å². The molecule has 1 aliphatic heterocycles. The summed E-state index contributed by atoms with van der Waals surface area (Å²) in [4.78, 5) is 4.38. The molecule has 0 fully saturated rings. The Morgan fingerprint density at radius 3 is 2.90 bits per heavy atom. The fourth-order valence-electron chi connectivity index (χ4n) is 2.61. The molecule has 1 unspecified atom stereocenters. The first-order valence-electron chi connectivity index (χ1n) is 6.62. The number of para-hydroxylation sites is 2. The zero-order valence-corrected chi connectivity index (χ0v) is 11.9. The Hall–Kier alpha value is -2.24. The molecule has 0 saturated heterocycles. The van der Waals surface area contributed by atoms with Crippen molar-refractivity contribution in [2.45, 2.75) is 6.54 Å². The Labute approximate surface area is 124 Å². The monoisotopic (exact) mass is 296 g/mol. The predicted octanol–water partition coefficient (Wildman–Crippen LogP) is 2.96. The van der Waals surface area contributed by atoms with Gasteiger partial charge in [-0.25, -0.2) is 0 Å². The van der Waals surface area contributed by atoms with Crippen LogP contribution < -0.4 is 8.91 Å². The van der Waals surface area contributed by atoms with Crippen molar-refractivity contribution in [1.29, 1.82) is 0 Å². The van der Waals surface area contributed by atoms with Crippen LogP contribution in [0.2, 0.25) is 0 Å². The molecule has 4 nitrogen and oxygen atoms in total. The molecule has 1 aromatic heterocycles. The largest absolute Gasteiger partial charge is 0.388 e. The lowest BCUT2D eigenvalue weighted by molar-refractivity contribution is 0.525. The molecule has 2 aromatic carbocycles. The third-order valence-electron chi connectivity index (χ3n) is 3.58. The minimum atomic E-state index is -1.48. The number of pyridine rings is 1.